The highest BCUT2D eigenvalue weighted by molar-refractivity contribution is 9.10. The van der Waals surface area contributed by atoms with Crippen molar-refractivity contribution in [3.8, 4) is 0 Å². The van der Waals surface area contributed by atoms with Crippen molar-refractivity contribution in [3.63, 3.8) is 0 Å². The summed E-state index contributed by atoms with van der Waals surface area (Å²) < 4.78 is 4.40. The summed E-state index contributed by atoms with van der Waals surface area (Å²) >= 11 is 3.10. The quantitative estimate of drug-likeness (QED) is 0.338. The second-order valence-electron chi connectivity index (χ2n) is 2.15. The molecule has 0 saturated carbocycles. The fourth-order valence-corrected chi connectivity index (χ4v) is 1.19. The van der Waals surface area contributed by atoms with Crippen molar-refractivity contribution in [1.82, 2.24) is 0 Å². The normalized spacial score (nSPS) is 27.5. The third kappa shape index (κ3) is 1.80. The fraction of sp³-hybridized carbons (Fsp3) is 0.667. The van der Waals surface area contributed by atoms with E-state index in [0.717, 1.165) is 6.42 Å². The topological polar surface area (TPSA) is 43.4 Å². The third-order valence-corrected chi connectivity index (χ3v) is 2.14. The maximum absolute atomic E-state index is 10.7. The van der Waals surface area contributed by atoms with Crippen LogP contribution in [0.5, 0.6) is 0 Å². The van der Waals surface area contributed by atoms with Gasteiger partial charge in [-0.1, -0.05) is 15.9 Å². The molecule has 1 aliphatic heterocycles. The van der Waals surface area contributed by atoms with E-state index in [2.05, 4.69) is 20.7 Å². The maximum Gasteiger partial charge on any atom is 0.327 e. The lowest BCUT2D eigenvalue weighted by atomic mass is 10.2. The minimum Gasteiger partial charge on any atom is -0.392 e. The number of hydrogen-bond donors (Lipinski definition) is 0. The van der Waals surface area contributed by atoms with Crippen LogP contribution in [0.15, 0.2) is 0 Å². The number of alkyl halides is 1. The molecule has 0 bridgehead atoms. The van der Waals surface area contributed by atoms with Crippen LogP contribution in [0.3, 0.4) is 0 Å². The number of carbonyl (C=O) groups excluding carboxylic acids is 2. The molecule has 4 heteroatoms. The van der Waals surface area contributed by atoms with Crippen LogP contribution < -0.4 is 0 Å². The zero-order chi connectivity index (χ0) is 7.56. The van der Waals surface area contributed by atoms with Crippen molar-refractivity contribution in [2.45, 2.75) is 24.1 Å². The highest BCUT2D eigenvalue weighted by atomic mass is 79.9. The molecule has 10 heavy (non-hydrogen) atoms. The molecule has 1 saturated heterocycles. The van der Waals surface area contributed by atoms with E-state index in [1.54, 1.807) is 0 Å². The Bertz CT molecular complexity index is 166. The molecule has 0 amide bonds. The molecular formula is C6H7BrO3. The van der Waals surface area contributed by atoms with Crippen LogP contribution in [-0.4, -0.2) is 16.8 Å². The molecule has 1 fully saturated rings. The van der Waals surface area contributed by atoms with Crippen LogP contribution in [-0.2, 0) is 14.3 Å². The summed E-state index contributed by atoms with van der Waals surface area (Å²) in [4.78, 5) is 21.0. The van der Waals surface area contributed by atoms with E-state index in [1.807, 2.05) is 0 Å². The zero-order valence-electron chi connectivity index (χ0n) is 5.30. The van der Waals surface area contributed by atoms with Gasteiger partial charge < -0.3 is 4.74 Å². The Balaban J connectivity index is 2.57. The predicted molar refractivity (Wildman–Crippen MR) is 37.7 cm³/mol. The molecule has 0 aromatic rings. The Morgan fingerprint density at radius 2 is 2.20 bits per heavy atom. The van der Waals surface area contributed by atoms with Gasteiger partial charge in [-0.15, -0.1) is 0 Å². The minimum absolute atomic E-state index is 0.293. The van der Waals surface area contributed by atoms with Gasteiger partial charge in [0.2, 0.25) is 0 Å². The number of rotatable bonds is 0. The summed E-state index contributed by atoms with van der Waals surface area (Å²) in [5.74, 6) is -0.866. The lowest BCUT2D eigenvalue weighted by Crippen LogP contribution is -2.16. The molecule has 1 heterocycles. The minimum atomic E-state index is -0.456. The SMILES string of the molecule is O=C1CCCC(Br)C(=O)O1. The van der Waals surface area contributed by atoms with E-state index in [1.165, 1.54) is 0 Å². The van der Waals surface area contributed by atoms with Crippen molar-refractivity contribution in [1.29, 1.82) is 0 Å². The van der Waals surface area contributed by atoms with Crippen LogP contribution in [0.2, 0.25) is 0 Å². The first kappa shape index (κ1) is 7.72. The van der Waals surface area contributed by atoms with Crippen LogP contribution >= 0.6 is 15.9 Å². The van der Waals surface area contributed by atoms with E-state index in [4.69, 9.17) is 0 Å². The third-order valence-electron chi connectivity index (χ3n) is 1.31. The van der Waals surface area contributed by atoms with Gasteiger partial charge in [-0.3, -0.25) is 9.59 Å². The molecule has 3 nitrogen and oxygen atoms in total. The standard InChI is InChI=1S/C6H7BrO3/c7-4-2-1-3-5(8)10-6(4)9/h4H,1-3H2. The number of ether oxygens (including phenoxy) is 1. The summed E-state index contributed by atoms with van der Waals surface area (Å²) in [6, 6.07) is 0. The van der Waals surface area contributed by atoms with Crippen LogP contribution in [0.25, 0.3) is 0 Å². The van der Waals surface area contributed by atoms with Gasteiger partial charge in [0.1, 0.15) is 4.83 Å². The Hall–Kier alpha value is -0.380. The number of cyclic esters (lactones) is 2. The lowest BCUT2D eigenvalue weighted by Gasteiger charge is -1.99. The lowest BCUT2D eigenvalue weighted by molar-refractivity contribution is -0.157. The molecule has 1 aliphatic rings. The first-order valence-corrected chi connectivity index (χ1v) is 4.00. The average molecular weight is 207 g/mol. The van der Waals surface area contributed by atoms with E-state index >= 15 is 0 Å². The number of carbonyl (C=O) groups is 2. The monoisotopic (exact) mass is 206 g/mol. The van der Waals surface area contributed by atoms with Gasteiger partial charge in [0.05, 0.1) is 0 Å². The first-order valence-electron chi connectivity index (χ1n) is 3.09. The summed E-state index contributed by atoms with van der Waals surface area (Å²) in [7, 11) is 0. The Labute approximate surface area is 66.9 Å². The molecule has 56 valence electrons. The molecule has 1 rings (SSSR count). The van der Waals surface area contributed by atoms with Gasteiger partial charge in [-0.25, -0.2) is 0 Å². The van der Waals surface area contributed by atoms with Crippen molar-refractivity contribution in [2.75, 3.05) is 0 Å². The molecule has 0 N–H and O–H groups in total. The number of hydrogen-bond acceptors (Lipinski definition) is 3. The molecular weight excluding hydrogens is 200 g/mol. The number of halogens is 1. The average Bonchev–Trinajstić information content (AvgIpc) is 1.96. The van der Waals surface area contributed by atoms with E-state index in [9.17, 15) is 9.59 Å². The fourth-order valence-electron chi connectivity index (χ4n) is 0.771. The van der Waals surface area contributed by atoms with Gasteiger partial charge in [0.25, 0.3) is 0 Å². The van der Waals surface area contributed by atoms with Gasteiger partial charge in [-0.2, -0.15) is 0 Å². The molecule has 0 aromatic carbocycles. The first-order chi connectivity index (χ1) is 4.70. The van der Waals surface area contributed by atoms with Crippen molar-refractivity contribution < 1.29 is 14.3 Å². The maximum atomic E-state index is 10.7. The second-order valence-corrected chi connectivity index (χ2v) is 3.26. The van der Waals surface area contributed by atoms with Gasteiger partial charge in [-0.05, 0) is 12.8 Å². The van der Waals surface area contributed by atoms with Gasteiger partial charge in [0.15, 0.2) is 0 Å². The highest BCUT2D eigenvalue weighted by Gasteiger charge is 2.23. The van der Waals surface area contributed by atoms with Crippen molar-refractivity contribution in [3.05, 3.63) is 0 Å². The Morgan fingerprint density at radius 3 is 2.90 bits per heavy atom. The van der Waals surface area contributed by atoms with Gasteiger partial charge in [0, 0.05) is 6.42 Å². The van der Waals surface area contributed by atoms with Crippen LogP contribution in [0.4, 0.5) is 0 Å². The van der Waals surface area contributed by atoms with Crippen LogP contribution in [0.1, 0.15) is 19.3 Å². The largest absolute Gasteiger partial charge is 0.392 e. The smallest absolute Gasteiger partial charge is 0.327 e. The second kappa shape index (κ2) is 3.14. The Morgan fingerprint density at radius 1 is 1.50 bits per heavy atom. The molecule has 0 radical (unpaired) electrons. The predicted octanol–water partition coefficient (Wildman–Crippen LogP) is 1.00. The zero-order valence-corrected chi connectivity index (χ0v) is 6.89. The molecule has 0 spiro atoms. The van der Waals surface area contributed by atoms with E-state index < -0.39 is 11.9 Å². The Kier molecular flexibility index (Phi) is 2.43. The highest BCUT2D eigenvalue weighted by Crippen LogP contribution is 2.16. The summed E-state index contributed by atoms with van der Waals surface area (Å²) in [5, 5.41) is 0. The number of esters is 2. The molecule has 1 atom stereocenters. The van der Waals surface area contributed by atoms with Crippen LogP contribution in [0, 0.1) is 0 Å². The molecule has 1 unspecified atom stereocenters. The van der Waals surface area contributed by atoms with Gasteiger partial charge >= 0.3 is 11.9 Å². The van der Waals surface area contributed by atoms with Crippen molar-refractivity contribution >= 4 is 27.9 Å². The van der Waals surface area contributed by atoms with E-state index in [0.29, 0.717) is 12.8 Å². The molecule has 0 aliphatic carbocycles. The van der Waals surface area contributed by atoms with E-state index in [-0.39, 0.29) is 4.83 Å². The summed E-state index contributed by atoms with van der Waals surface area (Å²) in [6.45, 7) is 0. The van der Waals surface area contributed by atoms with Crippen molar-refractivity contribution in [2.24, 2.45) is 0 Å². The summed E-state index contributed by atoms with van der Waals surface area (Å²) in [6.07, 6.45) is 1.76. The molecule has 0 aromatic heterocycles. The summed E-state index contributed by atoms with van der Waals surface area (Å²) in [5.41, 5.74) is 0.